The van der Waals surface area contributed by atoms with Crippen LogP contribution in [0.25, 0.3) is 21.9 Å². The average molecular weight is 304 g/mol. The van der Waals surface area contributed by atoms with E-state index in [-0.39, 0.29) is 12.4 Å². The van der Waals surface area contributed by atoms with Crippen molar-refractivity contribution in [2.75, 3.05) is 18.0 Å². The Morgan fingerprint density at radius 3 is 2.24 bits per heavy atom. The quantitative estimate of drug-likeness (QED) is 0.607. The molecule has 0 aliphatic rings. The molecule has 0 amide bonds. The second-order valence-electron chi connectivity index (χ2n) is 5.24. The molecule has 112 valence electrons. The van der Waals surface area contributed by atoms with Crippen molar-refractivity contribution < 1.29 is 4.42 Å². The Hall–Kier alpha value is -1.67. The maximum absolute atomic E-state index is 5.97. The number of benzene rings is 2. The highest BCUT2D eigenvalue weighted by atomic mass is 35.5. The summed E-state index contributed by atoms with van der Waals surface area (Å²) in [6, 6.07) is 14.7. The number of hydrogen-bond donors (Lipinski definition) is 0. The number of para-hydroxylation sites is 1. The number of hydrogen-bond acceptors (Lipinski definition) is 2. The molecular weight excluding hydrogens is 282 g/mol. The molecule has 2 nitrogen and oxygen atoms in total. The van der Waals surface area contributed by atoms with Crippen LogP contribution in [0, 0.1) is 0 Å². The first kappa shape index (κ1) is 15.7. The molecule has 0 atom stereocenters. The van der Waals surface area contributed by atoms with Crippen LogP contribution in [-0.4, -0.2) is 13.1 Å². The van der Waals surface area contributed by atoms with Gasteiger partial charge >= 0.3 is 0 Å². The average Bonchev–Trinajstić information content (AvgIpc) is 2.85. The fourth-order valence-corrected chi connectivity index (χ4v) is 2.91. The van der Waals surface area contributed by atoms with E-state index in [0.717, 1.165) is 37.1 Å². The van der Waals surface area contributed by atoms with Crippen molar-refractivity contribution in [1.29, 1.82) is 0 Å². The lowest BCUT2D eigenvalue weighted by Crippen LogP contribution is -2.24. The van der Waals surface area contributed by atoms with Crippen molar-refractivity contribution in [3.05, 3.63) is 42.5 Å². The van der Waals surface area contributed by atoms with Gasteiger partial charge in [0.25, 0.3) is 0 Å². The number of fused-ring (bicyclic) bond motifs is 3. The van der Waals surface area contributed by atoms with Gasteiger partial charge in [-0.25, -0.2) is 0 Å². The van der Waals surface area contributed by atoms with Crippen LogP contribution >= 0.6 is 12.4 Å². The minimum Gasteiger partial charge on any atom is -0.456 e. The molecule has 0 fully saturated rings. The van der Waals surface area contributed by atoms with Crippen LogP contribution in [-0.2, 0) is 0 Å². The number of halogens is 1. The van der Waals surface area contributed by atoms with E-state index in [1.54, 1.807) is 0 Å². The van der Waals surface area contributed by atoms with Crippen molar-refractivity contribution in [3.63, 3.8) is 0 Å². The largest absolute Gasteiger partial charge is 0.456 e. The maximum atomic E-state index is 5.97. The van der Waals surface area contributed by atoms with Crippen molar-refractivity contribution in [3.8, 4) is 0 Å². The van der Waals surface area contributed by atoms with Crippen LogP contribution in [0.5, 0.6) is 0 Å². The molecule has 21 heavy (non-hydrogen) atoms. The van der Waals surface area contributed by atoms with E-state index in [0.29, 0.717) is 0 Å². The van der Waals surface area contributed by atoms with Gasteiger partial charge < -0.3 is 9.32 Å². The number of nitrogens with zero attached hydrogens (tertiary/aromatic N) is 1. The summed E-state index contributed by atoms with van der Waals surface area (Å²) >= 11 is 0. The second-order valence-corrected chi connectivity index (χ2v) is 5.24. The number of rotatable bonds is 5. The zero-order chi connectivity index (χ0) is 13.9. The van der Waals surface area contributed by atoms with E-state index in [1.807, 2.05) is 12.1 Å². The molecule has 3 heteroatoms. The third kappa shape index (κ3) is 2.86. The van der Waals surface area contributed by atoms with Crippen LogP contribution in [0.2, 0.25) is 0 Å². The third-order valence-electron chi connectivity index (χ3n) is 3.71. The van der Waals surface area contributed by atoms with Crippen molar-refractivity contribution in [2.24, 2.45) is 0 Å². The second kappa shape index (κ2) is 6.86. The molecule has 0 aliphatic carbocycles. The first-order chi connectivity index (χ1) is 9.85. The van der Waals surface area contributed by atoms with E-state index >= 15 is 0 Å². The summed E-state index contributed by atoms with van der Waals surface area (Å²) in [4.78, 5) is 2.48. The Kier molecular flexibility index (Phi) is 5.13. The topological polar surface area (TPSA) is 16.4 Å². The van der Waals surface area contributed by atoms with Gasteiger partial charge in [0.1, 0.15) is 11.2 Å². The summed E-state index contributed by atoms with van der Waals surface area (Å²) in [6.45, 7) is 6.64. The predicted octanol–water partition coefficient (Wildman–Crippen LogP) is 5.63. The highest BCUT2D eigenvalue weighted by molar-refractivity contribution is 6.11. The smallest absolute Gasteiger partial charge is 0.137 e. The maximum Gasteiger partial charge on any atom is 0.137 e. The van der Waals surface area contributed by atoms with Gasteiger partial charge in [0.15, 0.2) is 0 Å². The van der Waals surface area contributed by atoms with Gasteiger partial charge in [0.2, 0.25) is 0 Å². The van der Waals surface area contributed by atoms with Crippen LogP contribution in [0.1, 0.15) is 26.7 Å². The Labute approximate surface area is 132 Å². The van der Waals surface area contributed by atoms with Gasteiger partial charge in [0, 0.05) is 24.2 Å². The molecule has 3 aromatic rings. The molecule has 0 spiro atoms. The Balaban J connectivity index is 0.00000161. The third-order valence-corrected chi connectivity index (χ3v) is 3.71. The molecule has 1 aromatic heterocycles. The Bertz CT molecular complexity index is 713. The SMILES string of the molecule is CCCN(CCC)c1cccc2oc3ccccc3c12.Cl. The highest BCUT2D eigenvalue weighted by Gasteiger charge is 2.14. The van der Waals surface area contributed by atoms with Crippen LogP contribution in [0.3, 0.4) is 0 Å². The fraction of sp³-hybridized carbons (Fsp3) is 0.333. The lowest BCUT2D eigenvalue weighted by Gasteiger charge is -2.24. The first-order valence-electron chi connectivity index (χ1n) is 7.50. The molecule has 0 N–H and O–H groups in total. The first-order valence-corrected chi connectivity index (χ1v) is 7.50. The van der Waals surface area contributed by atoms with Crippen molar-refractivity contribution in [1.82, 2.24) is 0 Å². The van der Waals surface area contributed by atoms with Gasteiger partial charge in [-0.1, -0.05) is 38.1 Å². The van der Waals surface area contributed by atoms with E-state index < -0.39 is 0 Å². The molecule has 2 aromatic carbocycles. The van der Waals surface area contributed by atoms with Crippen molar-refractivity contribution >= 4 is 40.0 Å². The number of anilines is 1. The van der Waals surface area contributed by atoms with Gasteiger partial charge in [-0.2, -0.15) is 0 Å². The molecule has 0 aliphatic heterocycles. The minimum absolute atomic E-state index is 0. The lowest BCUT2D eigenvalue weighted by molar-refractivity contribution is 0.668. The van der Waals surface area contributed by atoms with Gasteiger partial charge in [-0.05, 0) is 31.0 Å². The molecule has 0 saturated heterocycles. The lowest BCUT2D eigenvalue weighted by atomic mass is 10.1. The Morgan fingerprint density at radius 2 is 1.52 bits per heavy atom. The highest BCUT2D eigenvalue weighted by Crippen LogP contribution is 2.35. The minimum atomic E-state index is 0. The summed E-state index contributed by atoms with van der Waals surface area (Å²) < 4.78 is 5.97. The molecule has 0 bridgehead atoms. The van der Waals surface area contributed by atoms with Crippen LogP contribution < -0.4 is 4.90 Å². The zero-order valence-electron chi connectivity index (χ0n) is 12.6. The van der Waals surface area contributed by atoms with E-state index in [1.165, 1.54) is 16.5 Å². The van der Waals surface area contributed by atoms with E-state index in [4.69, 9.17) is 4.42 Å². The monoisotopic (exact) mass is 303 g/mol. The normalized spacial score (nSPS) is 10.8. The summed E-state index contributed by atoms with van der Waals surface area (Å²) in [5.74, 6) is 0. The van der Waals surface area contributed by atoms with Gasteiger partial charge in [-0.3, -0.25) is 0 Å². The Morgan fingerprint density at radius 1 is 0.857 bits per heavy atom. The molecule has 0 radical (unpaired) electrons. The fourth-order valence-electron chi connectivity index (χ4n) is 2.91. The molecular formula is C18H22ClNO. The molecule has 0 saturated carbocycles. The summed E-state index contributed by atoms with van der Waals surface area (Å²) in [6.07, 6.45) is 2.32. The van der Waals surface area contributed by atoms with Crippen LogP contribution in [0.4, 0.5) is 5.69 Å². The van der Waals surface area contributed by atoms with Gasteiger partial charge in [0.05, 0.1) is 5.39 Å². The summed E-state index contributed by atoms with van der Waals surface area (Å²) in [5, 5.41) is 2.47. The standard InChI is InChI=1S/C18H21NO.ClH/c1-3-12-19(13-4-2)15-9-7-11-17-18(15)14-8-5-6-10-16(14)20-17;/h5-11H,3-4,12-13H2,1-2H3;1H. The zero-order valence-corrected chi connectivity index (χ0v) is 13.5. The van der Waals surface area contributed by atoms with Crippen LogP contribution in [0.15, 0.2) is 46.9 Å². The molecule has 1 heterocycles. The predicted molar refractivity (Wildman–Crippen MR) is 93.8 cm³/mol. The summed E-state index contributed by atoms with van der Waals surface area (Å²) in [7, 11) is 0. The van der Waals surface area contributed by atoms with E-state index in [9.17, 15) is 0 Å². The molecule has 0 unspecified atom stereocenters. The van der Waals surface area contributed by atoms with Gasteiger partial charge in [-0.15, -0.1) is 12.4 Å². The van der Waals surface area contributed by atoms with E-state index in [2.05, 4.69) is 49.1 Å². The molecule has 3 rings (SSSR count). The summed E-state index contributed by atoms with van der Waals surface area (Å²) in [5.41, 5.74) is 3.26. The number of furan rings is 1. The van der Waals surface area contributed by atoms with Crippen molar-refractivity contribution in [2.45, 2.75) is 26.7 Å².